The molecule has 0 bridgehead atoms. The van der Waals surface area contributed by atoms with Crippen molar-refractivity contribution in [2.45, 2.75) is 9.92 Å². The van der Waals surface area contributed by atoms with Crippen molar-refractivity contribution in [2.75, 3.05) is 0 Å². The molecule has 0 spiro atoms. The molecule has 1 aromatic heterocycles. The third kappa shape index (κ3) is 2.89. The normalized spacial score (nSPS) is 9.94. The van der Waals surface area contributed by atoms with E-state index in [4.69, 9.17) is 28.5 Å². The summed E-state index contributed by atoms with van der Waals surface area (Å²) >= 11 is 13.2. The molecule has 6 heteroatoms. The zero-order chi connectivity index (χ0) is 12.3. The minimum Gasteiger partial charge on any atom is -0.243 e. The van der Waals surface area contributed by atoms with Crippen molar-refractivity contribution in [3.05, 3.63) is 46.3 Å². The second-order valence-electron chi connectivity index (χ2n) is 3.03. The molecule has 0 saturated carbocycles. The minimum absolute atomic E-state index is 0.411. The summed E-state index contributed by atoms with van der Waals surface area (Å²) in [5, 5.41) is 10.6. The quantitative estimate of drug-likeness (QED) is 0.786. The van der Waals surface area contributed by atoms with E-state index in [1.54, 1.807) is 18.2 Å². The van der Waals surface area contributed by atoms with Gasteiger partial charge in [0.15, 0.2) is 0 Å². The van der Waals surface area contributed by atoms with Gasteiger partial charge in [0, 0.05) is 16.1 Å². The maximum atomic E-state index is 8.92. The van der Waals surface area contributed by atoms with Crippen LogP contribution in [0.15, 0.2) is 40.6 Å². The first kappa shape index (κ1) is 12.2. The van der Waals surface area contributed by atoms with Gasteiger partial charge < -0.3 is 0 Å². The molecule has 1 heterocycles. The van der Waals surface area contributed by atoms with E-state index in [1.165, 1.54) is 24.3 Å². The van der Waals surface area contributed by atoms with Crippen LogP contribution in [0.2, 0.25) is 10.0 Å². The van der Waals surface area contributed by atoms with E-state index in [0.717, 1.165) is 4.90 Å². The molecular weight excluding hydrogens is 277 g/mol. The van der Waals surface area contributed by atoms with Gasteiger partial charge in [-0.25, -0.2) is 9.97 Å². The van der Waals surface area contributed by atoms with Crippen LogP contribution in [0, 0.1) is 11.3 Å². The van der Waals surface area contributed by atoms with Gasteiger partial charge in [0.1, 0.15) is 23.0 Å². The molecule has 0 atom stereocenters. The summed E-state index contributed by atoms with van der Waals surface area (Å²) in [5.74, 6) is 0. The molecule has 3 nitrogen and oxygen atoms in total. The van der Waals surface area contributed by atoms with E-state index in [9.17, 15) is 0 Å². The van der Waals surface area contributed by atoms with Crippen LogP contribution in [0.3, 0.4) is 0 Å². The van der Waals surface area contributed by atoms with Crippen LogP contribution in [0.25, 0.3) is 0 Å². The van der Waals surface area contributed by atoms with Crippen molar-refractivity contribution in [3.63, 3.8) is 0 Å². The Bertz CT molecular complexity index is 596. The lowest BCUT2D eigenvalue weighted by Gasteiger charge is -2.04. The molecule has 0 aliphatic heterocycles. The van der Waals surface area contributed by atoms with Gasteiger partial charge in [-0.3, -0.25) is 0 Å². The van der Waals surface area contributed by atoms with Crippen molar-refractivity contribution in [1.29, 1.82) is 5.26 Å². The first-order valence-electron chi connectivity index (χ1n) is 4.53. The van der Waals surface area contributed by atoms with E-state index >= 15 is 0 Å². The fraction of sp³-hybridized carbons (Fsp3) is 0. The molecule has 2 rings (SSSR count). The number of nitriles is 1. The second-order valence-corrected chi connectivity index (χ2v) is 4.90. The lowest BCUT2D eigenvalue weighted by molar-refractivity contribution is 1.03. The lowest BCUT2D eigenvalue weighted by atomic mass is 10.4. The number of benzene rings is 1. The standard InChI is InChI=1S/C11H5Cl2N3S/c12-8-1-2-9(13)10(3-8)17-11-7(4-14)5-15-6-16-11/h1-3,5-6H. The molecule has 0 aliphatic rings. The van der Waals surface area contributed by atoms with Gasteiger partial charge in [-0.05, 0) is 18.2 Å². The number of aromatic nitrogens is 2. The SMILES string of the molecule is N#Cc1cncnc1Sc1cc(Cl)ccc1Cl. The second kappa shape index (κ2) is 5.37. The number of halogens is 2. The average Bonchev–Trinajstić information content (AvgIpc) is 2.34. The number of hydrogen-bond donors (Lipinski definition) is 0. The summed E-state index contributed by atoms with van der Waals surface area (Å²) < 4.78 is 0. The molecule has 0 unspecified atom stereocenters. The Balaban J connectivity index is 2.38. The Morgan fingerprint density at radius 1 is 1.29 bits per heavy atom. The third-order valence-corrected chi connectivity index (χ3v) is 3.65. The summed E-state index contributed by atoms with van der Waals surface area (Å²) in [6.07, 6.45) is 2.86. The lowest BCUT2D eigenvalue weighted by Crippen LogP contribution is -1.88. The maximum Gasteiger partial charge on any atom is 0.122 e. The molecule has 0 fully saturated rings. The van der Waals surface area contributed by atoms with Crippen molar-refractivity contribution in [3.8, 4) is 6.07 Å². The Hall–Kier alpha value is -1.28. The summed E-state index contributed by atoms with van der Waals surface area (Å²) in [7, 11) is 0. The molecular formula is C11H5Cl2N3S. The van der Waals surface area contributed by atoms with Crippen LogP contribution in [0.4, 0.5) is 0 Å². The first-order valence-corrected chi connectivity index (χ1v) is 6.11. The molecule has 0 radical (unpaired) electrons. The fourth-order valence-electron chi connectivity index (χ4n) is 1.14. The van der Waals surface area contributed by atoms with Gasteiger partial charge in [-0.2, -0.15) is 5.26 Å². The summed E-state index contributed by atoms with van der Waals surface area (Å²) in [5.41, 5.74) is 0.411. The predicted octanol–water partition coefficient (Wildman–Crippen LogP) is 3.81. The Morgan fingerprint density at radius 2 is 2.12 bits per heavy atom. The Kier molecular flexibility index (Phi) is 3.85. The number of nitrogens with zero attached hydrogens (tertiary/aromatic N) is 3. The highest BCUT2D eigenvalue weighted by atomic mass is 35.5. The predicted molar refractivity (Wildman–Crippen MR) is 67.3 cm³/mol. The van der Waals surface area contributed by atoms with Gasteiger partial charge in [0.25, 0.3) is 0 Å². The van der Waals surface area contributed by atoms with Crippen LogP contribution in [0.5, 0.6) is 0 Å². The Labute approximate surface area is 112 Å². The largest absolute Gasteiger partial charge is 0.243 e. The summed E-state index contributed by atoms with van der Waals surface area (Å²) in [4.78, 5) is 8.59. The topological polar surface area (TPSA) is 49.6 Å². The Morgan fingerprint density at radius 3 is 2.88 bits per heavy atom. The van der Waals surface area contributed by atoms with Crippen LogP contribution >= 0.6 is 35.0 Å². The van der Waals surface area contributed by atoms with E-state index in [2.05, 4.69) is 9.97 Å². The highest BCUT2D eigenvalue weighted by molar-refractivity contribution is 7.99. The van der Waals surface area contributed by atoms with E-state index in [-0.39, 0.29) is 0 Å². The number of rotatable bonds is 2. The molecule has 1 aromatic carbocycles. The molecule has 17 heavy (non-hydrogen) atoms. The molecule has 0 amide bonds. The monoisotopic (exact) mass is 281 g/mol. The van der Waals surface area contributed by atoms with E-state index in [0.29, 0.717) is 20.6 Å². The van der Waals surface area contributed by atoms with Gasteiger partial charge in [-0.1, -0.05) is 35.0 Å². The molecule has 0 saturated heterocycles. The molecule has 84 valence electrons. The summed E-state index contributed by atoms with van der Waals surface area (Å²) in [6, 6.07) is 7.18. The highest BCUT2D eigenvalue weighted by Crippen LogP contribution is 2.35. The van der Waals surface area contributed by atoms with Crippen LogP contribution < -0.4 is 0 Å². The zero-order valence-corrected chi connectivity index (χ0v) is 10.7. The van der Waals surface area contributed by atoms with Gasteiger partial charge >= 0.3 is 0 Å². The van der Waals surface area contributed by atoms with Crippen LogP contribution in [0.1, 0.15) is 5.56 Å². The van der Waals surface area contributed by atoms with E-state index < -0.39 is 0 Å². The van der Waals surface area contributed by atoms with Crippen molar-refractivity contribution < 1.29 is 0 Å². The van der Waals surface area contributed by atoms with E-state index in [1.807, 2.05) is 6.07 Å². The maximum absolute atomic E-state index is 8.92. The van der Waals surface area contributed by atoms with Crippen molar-refractivity contribution >= 4 is 35.0 Å². The fourth-order valence-corrected chi connectivity index (χ4v) is 2.47. The highest BCUT2D eigenvalue weighted by Gasteiger charge is 2.09. The minimum atomic E-state index is 0.411. The molecule has 2 aromatic rings. The number of hydrogen-bond acceptors (Lipinski definition) is 4. The van der Waals surface area contributed by atoms with Crippen LogP contribution in [-0.4, -0.2) is 9.97 Å². The molecule has 0 N–H and O–H groups in total. The zero-order valence-electron chi connectivity index (χ0n) is 8.39. The smallest absolute Gasteiger partial charge is 0.122 e. The molecule has 0 aliphatic carbocycles. The van der Waals surface area contributed by atoms with Crippen LogP contribution in [-0.2, 0) is 0 Å². The van der Waals surface area contributed by atoms with Gasteiger partial charge in [-0.15, -0.1) is 0 Å². The van der Waals surface area contributed by atoms with Crippen molar-refractivity contribution in [1.82, 2.24) is 9.97 Å². The van der Waals surface area contributed by atoms with Gasteiger partial charge in [0.2, 0.25) is 0 Å². The first-order chi connectivity index (χ1) is 8.20. The van der Waals surface area contributed by atoms with Gasteiger partial charge in [0.05, 0.1) is 5.02 Å². The third-order valence-electron chi connectivity index (χ3n) is 1.90. The van der Waals surface area contributed by atoms with Crippen molar-refractivity contribution in [2.24, 2.45) is 0 Å². The summed E-state index contributed by atoms with van der Waals surface area (Å²) in [6.45, 7) is 0. The average molecular weight is 282 g/mol.